The number of halogens is 1. The molecule has 2 aromatic rings. The lowest BCUT2D eigenvalue weighted by Crippen LogP contribution is -2.46. The number of sulfonamides is 2. The molecule has 0 spiro atoms. The number of nitrogens with zero attached hydrogens (tertiary/aromatic N) is 2. The van der Waals surface area contributed by atoms with Crippen molar-refractivity contribution in [2.45, 2.75) is 29.3 Å². The van der Waals surface area contributed by atoms with Crippen LogP contribution in [0.2, 0.25) is 5.02 Å². The van der Waals surface area contributed by atoms with Gasteiger partial charge in [-0.05, 0) is 17.0 Å². The minimum absolute atomic E-state index is 0.0117. The van der Waals surface area contributed by atoms with E-state index in [0.29, 0.717) is 0 Å². The molecule has 2 heterocycles. The maximum absolute atomic E-state index is 12.4. The van der Waals surface area contributed by atoms with Crippen LogP contribution in [0.3, 0.4) is 0 Å². The van der Waals surface area contributed by atoms with Gasteiger partial charge < -0.3 is 10.5 Å². The summed E-state index contributed by atoms with van der Waals surface area (Å²) in [4.78, 5) is -0.609. The Bertz CT molecular complexity index is 1060. The lowest BCUT2D eigenvalue weighted by atomic mass is 10.2. The van der Waals surface area contributed by atoms with Gasteiger partial charge in [0.25, 0.3) is 0 Å². The Morgan fingerprint density at radius 3 is 2.72 bits per heavy atom. The number of nitrogens with two attached hydrogens (primary N) is 1. The van der Waals surface area contributed by atoms with Crippen molar-refractivity contribution in [3.63, 3.8) is 0 Å². The summed E-state index contributed by atoms with van der Waals surface area (Å²) < 4.78 is 54.6. The van der Waals surface area contributed by atoms with E-state index < -0.39 is 31.1 Å². The third kappa shape index (κ3) is 3.28. The molecule has 0 aliphatic carbocycles. The molecule has 25 heavy (non-hydrogen) atoms. The summed E-state index contributed by atoms with van der Waals surface area (Å²) in [5.74, 6) is 0. The Morgan fingerprint density at radius 1 is 1.48 bits per heavy atom. The highest BCUT2D eigenvalue weighted by molar-refractivity contribution is 7.90. The molecule has 1 aromatic carbocycles. The van der Waals surface area contributed by atoms with Gasteiger partial charge in [0.15, 0.2) is 5.69 Å². The van der Waals surface area contributed by atoms with Crippen molar-refractivity contribution in [3.05, 3.63) is 33.8 Å². The van der Waals surface area contributed by atoms with Gasteiger partial charge in [-0.25, -0.2) is 22.0 Å². The molecule has 0 saturated carbocycles. The number of rotatable bonds is 3. The predicted octanol–water partition coefficient (Wildman–Crippen LogP) is -0.810. The molecular weight excluding hydrogens is 398 g/mol. The largest absolute Gasteiger partial charge is 0.367 e. The second kappa shape index (κ2) is 5.81. The van der Waals surface area contributed by atoms with E-state index in [9.17, 15) is 22.0 Å². The fraction of sp³-hybridized carbons (Fsp3) is 0.273. The number of nitrogens with one attached hydrogen (secondary N) is 2. The normalized spacial score (nSPS) is 19.2. The van der Waals surface area contributed by atoms with Crippen LogP contribution in [0, 0.1) is 12.1 Å². The highest BCUT2D eigenvalue weighted by Gasteiger charge is 2.33. The van der Waals surface area contributed by atoms with Crippen molar-refractivity contribution in [3.8, 4) is 0 Å². The lowest BCUT2D eigenvalue weighted by Gasteiger charge is -2.27. The van der Waals surface area contributed by atoms with Gasteiger partial charge >= 0.3 is 0 Å². The molecule has 1 aliphatic rings. The fourth-order valence-corrected chi connectivity index (χ4v) is 4.84. The van der Waals surface area contributed by atoms with Gasteiger partial charge in [-0.1, -0.05) is 11.6 Å². The minimum Gasteiger partial charge on any atom is -0.367 e. The van der Waals surface area contributed by atoms with Crippen molar-refractivity contribution < 1.29 is 26.4 Å². The number of fused-ring (bicyclic) bond motifs is 1. The van der Waals surface area contributed by atoms with Crippen molar-refractivity contribution in [2.75, 3.05) is 5.32 Å². The first kappa shape index (κ1) is 17.9. The summed E-state index contributed by atoms with van der Waals surface area (Å²) in [6, 6.07) is 2.04. The predicted molar refractivity (Wildman–Crippen MR) is 84.5 cm³/mol. The Hall–Kier alpha value is -1.93. The lowest BCUT2D eigenvalue weighted by molar-refractivity contribution is -0.806. The van der Waals surface area contributed by atoms with E-state index in [0.717, 1.165) is 12.1 Å². The Morgan fingerprint density at radius 2 is 2.16 bits per heavy atom. The summed E-state index contributed by atoms with van der Waals surface area (Å²) in [5.41, 5.74) is 0.539. The quantitative estimate of drug-likeness (QED) is 0.552. The number of primary sulfonamides is 1. The van der Waals surface area contributed by atoms with Gasteiger partial charge in [0, 0.05) is 12.1 Å². The van der Waals surface area contributed by atoms with Gasteiger partial charge in [0.05, 0.1) is 23.3 Å². The SMILES string of the molecule is Cc1c(CC2Nc3cc(Cl)c(S(N)(=O)=O)cc3S(=O)(=O)N2)no[n+]1[O-]. The zero-order valence-corrected chi connectivity index (χ0v) is 14.9. The van der Waals surface area contributed by atoms with E-state index in [4.69, 9.17) is 16.7 Å². The number of hydrogen-bond acceptors (Lipinski definition) is 8. The molecule has 1 aliphatic heterocycles. The van der Waals surface area contributed by atoms with Crippen molar-refractivity contribution in [1.29, 1.82) is 0 Å². The second-order valence-electron chi connectivity index (χ2n) is 5.31. The van der Waals surface area contributed by atoms with Crippen LogP contribution in [0.5, 0.6) is 0 Å². The van der Waals surface area contributed by atoms with E-state index in [1.54, 1.807) is 0 Å². The number of hydrogen-bond donors (Lipinski definition) is 3. The maximum Gasteiger partial charge on any atom is 0.244 e. The van der Waals surface area contributed by atoms with Crippen molar-refractivity contribution in [2.24, 2.45) is 5.14 Å². The molecule has 0 amide bonds. The highest BCUT2D eigenvalue weighted by atomic mass is 35.5. The van der Waals surface area contributed by atoms with Crippen molar-refractivity contribution >= 4 is 37.3 Å². The molecule has 0 bridgehead atoms. The first-order chi connectivity index (χ1) is 11.5. The van der Waals surface area contributed by atoms with Gasteiger partial charge in [-0.2, -0.15) is 4.72 Å². The topological polar surface area (TPSA) is 171 Å². The monoisotopic (exact) mass is 409 g/mol. The molecule has 0 radical (unpaired) electrons. The third-order valence-electron chi connectivity index (χ3n) is 3.57. The van der Waals surface area contributed by atoms with Crippen LogP contribution < -0.4 is 20.1 Å². The number of anilines is 1. The van der Waals surface area contributed by atoms with E-state index in [-0.39, 0.29) is 38.3 Å². The molecule has 1 atom stereocenters. The Kier molecular flexibility index (Phi) is 4.15. The summed E-state index contributed by atoms with van der Waals surface area (Å²) in [7, 11) is -8.25. The smallest absolute Gasteiger partial charge is 0.244 e. The average Bonchev–Trinajstić information content (AvgIpc) is 2.76. The van der Waals surface area contributed by atoms with Crippen LogP contribution in [-0.2, 0) is 26.5 Å². The fourth-order valence-electron chi connectivity index (χ4n) is 2.35. The van der Waals surface area contributed by atoms with E-state index in [1.807, 2.05) is 0 Å². The molecule has 1 aromatic heterocycles. The first-order valence-corrected chi connectivity index (χ1v) is 10.1. The van der Waals surface area contributed by atoms with Crippen molar-refractivity contribution in [1.82, 2.24) is 9.88 Å². The summed E-state index contributed by atoms with van der Waals surface area (Å²) >= 11 is 5.89. The number of aromatic nitrogens is 2. The molecular formula is C11H12ClN5O6S2. The molecule has 1 unspecified atom stereocenters. The Labute approximate surface area is 147 Å². The van der Waals surface area contributed by atoms with Gasteiger partial charge in [0.1, 0.15) is 9.79 Å². The zero-order chi connectivity index (χ0) is 18.6. The van der Waals surface area contributed by atoms with E-state index in [2.05, 4.69) is 19.8 Å². The molecule has 0 saturated heterocycles. The van der Waals surface area contributed by atoms with Crippen LogP contribution in [0.15, 0.2) is 26.6 Å². The molecule has 136 valence electrons. The van der Waals surface area contributed by atoms with Crippen LogP contribution in [0.25, 0.3) is 0 Å². The second-order valence-corrected chi connectivity index (χ2v) is 8.93. The third-order valence-corrected chi connectivity index (χ3v) is 6.46. The van der Waals surface area contributed by atoms with Crippen LogP contribution in [0.1, 0.15) is 11.4 Å². The minimum atomic E-state index is -4.19. The van der Waals surface area contributed by atoms with E-state index in [1.165, 1.54) is 6.92 Å². The van der Waals surface area contributed by atoms with Gasteiger partial charge in [-0.15, -0.1) is 0 Å². The van der Waals surface area contributed by atoms with Crippen LogP contribution in [0.4, 0.5) is 5.69 Å². The molecule has 11 nitrogen and oxygen atoms in total. The summed E-state index contributed by atoms with van der Waals surface area (Å²) in [5, 5.41) is 22.4. The molecule has 0 fully saturated rings. The standard InChI is InChI=1S/C11H12ClN5O6S2/c1-5-7(15-23-17(5)18)3-11-14-8-2-6(12)9(24(13,19)20)4-10(8)25(21,22)16-11/h2,4,11,14,16H,3H2,1H3,(H2,13,19,20). The van der Waals surface area contributed by atoms with Gasteiger partial charge in [-0.3, -0.25) is 4.63 Å². The van der Waals surface area contributed by atoms with Crippen LogP contribution in [-0.4, -0.2) is 28.2 Å². The molecule has 14 heteroatoms. The van der Waals surface area contributed by atoms with Gasteiger partial charge in [0.2, 0.25) is 25.7 Å². The first-order valence-electron chi connectivity index (χ1n) is 6.69. The van der Waals surface area contributed by atoms with Crippen LogP contribution >= 0.6 is 11.6 Å². The van der Waals surface area contributed by atoms with E-state index >= 15 is 0 Å². The maximum atomic E-state index is 12.4. The summed E-state index contributed by atoms with van der Waals surface area (Å²) in [6.45, 7) is 1.47. The highest BCUT2D eigenvalue weighted by Crippen LogP contribution is 2.33. The molecule has 3 rings (SSSR count). The average molecular weight is 410 g/mol. The number of benzene rings is 1. The Balaban J connectivity index is 2.01. The molecule has 4 N–H and O–H groups in total. The summed E-state index contributed by atoms with van der Waals surface area (Å²) in [6.07, 6.45) is -0.838. The zero-order valence-electron chi connectivity index (χ0n) is 12.6.